The van der Waals surface area contributed by atoms with Crippen molar-refractivity contribution in [2.24, 2.45) is 10.5 Å². The molecule has 1 fully saturated rings. The summed E-state index contributed by atoms with van der Waals surface area (Å²) >= 11 is 0. The fourth-order valence-corrected chi connectivity index (χ4v) is 1.77. The van der Waals surface area contributed by atoms with Crippen molar-refractivity contribution < 1.29 is 14.3 Å². The molecule has 1 saturated heterocycles. The third-order valence-electron chi connectivity index (χ3n) is 2.89. The largest absolute Gasteiger partial charge is 0.467 e. The number of rotatable bonds is 5. The minimum Gasteiger partial charge on any atom is -0.467 e. The SMILES string of the molecule is COC(=O)C1NC(=O)[C@@]1(C)CCCN=[N+]=[N-]. The molecule has 1 amide bonds. The summed E-state index contributed by atoms with van der Waals surface area (Å²) in [5.74, 6) is -0.602. The highest BCUT2D eigenvalue weighted by atomic mass is 16.5. The molecule has 0 aromatic heterocycles. The number of carbonyl (C=O) groups is 2. The molecule has 0 aromatic rings. The molecule has 0 aliphatic carbocycles. The van der Waals surface area contributed by atoms with E-state index in [1.807, 2.05) is 0 Å². The summed E-state index contributed by atoms with van der Waals surface area (Å²) in [5, 5.41) is 5.89. The number of amides is 1. The van der Waals surface area contributed by atoms with E-state index in [1.165, 1.54) is 7.11 Å². The van der Waals surface area contributed by atoms with Crippen molar-refractivity contribution in [3.8, 4) is 0 Å². The van der Waals surface area contributed by atoms with Crippen LogP contribution in [0.4, 0.5) is 0 Å². The Morgan fingerprint density at radius 2 is 2.44 bits per heavy atom. The molecule has 16 heavy (non-hydrogen) atoms. The number of esters is 1. The van der Waals surface area contributed by atoms with Crippen LogP contribution in [0, 0.1) is 5.41 Å². The van der Waals surface area contributed by atoms with Crippen LogP contribution in [0.3, 0.4) is 0 Å². The molecule has 1 aliphatic heterocycles. The topological polar surface area (TPSA) is 104 Å². The van der Waals surface area contributed by atoms with Crippen LogP contribution in [-0.4, -0.2) is 31.6 Å². The number of ether oxygens (including phenoxy) is 1. The second kappa shape index (κ2) is 4.85. The number of β-lactam (4-membered cyclic amide) rings is 1. The van der Waals surface area contributed by atoms with Gasteiger partial charge in [-0.1, -0.05) is 5.11 Å². The van der Waals surface area contributed by atoms with Crippen molar-refractivity contribution in [2.45, 2.75) is 25.8 Å². The van der Waals surface area contributed by atoms with E-state index >= 15 is 0 Å². The van der Waals surface area contributed by atoms with Crippen molar-refractivity contribution in [1.82, 2.24) is 5.32 Å². The lowest BCUT2D eigenvalue weighted by Crippen LogP contribution is -2.69. The van der Waals surface area contributed by atoms with E-state index in [0.717, 1.165) is 0 Å². The van der Waals surface area contributed by atoms with Crippen LogP contribution >= 0.6 is 0 Å². The van der Waals surface area contributed by atoms with Gasteiger partial charge in [-0.05, 0) is 25.3 Å². The zero-order chi connectivity index (χ0) is 12.2. The van der Waals surface area contributed by atoms with Crippen LogP contribution in [0.5, 0.6) is 0 Å². The van der Waals surface area contributed by atoms with Crippen molar-refractivity contribution in [1.29, 1.82) is 0 Å². The van der Waals surface area contributed by atoms with Crippen molar-refractivity contribution in [2.75, 3.05) is 13.7 Å². The van der Waals surface area contributed by atoms with E-state index in [9.17, 15) is 9.59 Å². The van der Waals surface area contributed by atoms with Gasteiger partial charge < -0.3 is 10.1 Å². The molecule has 0 bridgehead atoms. The van der Waals surface area contributed by atoms with Crippen LogP contribution in [0.2, 0.25) is 0 Å². The highest BCUT2D eigenvalue weighted by Crippen LogP contribution is 2.36. The molecule has 0 radical (unpaired) electrons. The maximum atomic E-state index is 11.4. The normalized spacial score (nSPS) is 27.4. The number of nitrogens with zero attached hydrogens (tertiary/aromatic N) is 3. The summed E-state index contributed by atoms with van der Waals surface area (Å²) < 4.78 is 4.59. The number of azide groups is 1. The fraction of sp³-hybridized carbons (Fsp3) is 0.778. The minimum atomic E-state index is -0.738. The Bertz CT molecular complexity index is 351. The van der Waals surface area contributed by atoms with E-state index in [2.05, 4.69) is 20.1 Å². The lowest BCUT2D eigenvalue weighted by molar-refractivity contribution is -0.163. The lowest BCUT2D eigenvalue weighted by atomic mass is 9.71. The molecule has 88 valence electrons. The first kappa shape index (κ1) is 12.3. The standard InChI is InChI=1S/C9H14N4O3/c1-9(4-3-5-11-13-10)6(7(14)16-2)12-8(9)15/h6H,3-5H2,1-2H3,(H,12,15)/t6?,9-/m0/s1. The number of hydrogen-bond acceptors (Lipinski definition) is 4. The molecule has 7 heteroatoms. The molecule has 2 atom stereocenters. The summed E-state index contributed by atoms with van der Waals surface area (Å²) in [5.41, 5.74) is 7.36. The number of nitrogens with one attached hydrogen (secondary N) is 1. The first-order chi connectivity index (χ1) is 7.56. The van der Waals surface area contributed by atoms with E-state index in [1.54, 1.807) is 6.92 Å². The van der Waals surface area contributed by atoms with Crippen LogP contribution in [0.1, 0.15) is 19.8 Å². The molecule has 7 nitrogen and oxygen atoms in total. The summed E-state index contributed by atoms with van der Waals surface area (Å²) in [6.07, 6.45) is 1.07. The molecule has 1 aliphatic rings. The van der Waals surface area contributed by atoms with Gasteiger partial charge in [0.25, 0.3) is 0 Å². The minimum absolute atomic E-state index is 0.163. The Morgan fingerprint density at radius 3 is 2.94 bits per heavy atom. The molecule has 0 saturated carbocycles. The third-order valence-corrected chi connectivity index (χ3v) is 2.89. The monoisotopic (exact) mass is 226 g/mol. The van der Waals surface area contributed by atoms with Crippen LogP contribution in [-0.2, 0) is 14.3 Å². The van der Waals surface area contributed by atoms with Gasteiger partial charge in [-0.2, -0.15) is 0 Å². The highest BCUT2D eigenvalue weighted by Gasteiger charge is 2.54. The zero-order valence-corrected chi connectivity index (χ0v) is 9.27. The maximum Gasteiger partial charge on any atom is 0.329 e. The van der Waals surface area contributed by atoms with Crippen molar-refractivity contribution in [3.63, 3.8) is 0 Å². The van der Waals surface area contributed by atoms with E-state index in [0.29, 0.717) is 19.4 Å². The maximum absolute atomic E-state index is 11.4. The smallest absolute Gasteiger partial charge is 0.329 e. The van der Waals surface area contributed by atoms with E-state index in [4.69, 9.17) is 5.53 Å². The Kier molecular flexibility index (Phi) is 3.73. The van der Waals surface area contributed by atoms with Gasteiger partial charge in [0.1, 0.15) is 6.04 Å². The lowest BCUT2D eigenvalue weighted by Gasteiger charge is -2.44. The molecule has 1 rings (SSSR count). The average Bonchev–Trinajstić information content (AvgIpc) is 2.30. The van der Waals surface area contributed by atoms with Crippen LogP contribution < -0.4 is 5.32 Å². The summed E-state index contributed by atoms with van der Waals surface area (Å²) in [6.45, 7) is 2.04. The number of carbonyl (C=O) groups excluding carboxylic acids is 2. The first-order valence-electron chi connectivity index (χ1n) is 4.96. The predicted octanol–water partition coefficient (Wildman–Crippen LogP) is 0.755. The van der Waals surface area contributed by atoms with Crippen molar-refractivity contribution >= 4 is 11.9 Å². The molecule has 0 aromatic carbocycles. The molecule has 1 unspecified atom stereocenters. The van der Waals surface area contributed by atoms with Gasteiger partial charge in [0.05, 0.1) is 12.5 Å². The molecular formula is C9H14N4O3. The Hall–Kier alpha value is -1.75. The second-order valence-corrected chi connectivity index (χ2v) is 3.91. The number of hydrogen-bond donors (Lipinski definition) is 1. The quantitative estimate of drug-likeness (QED) is 0.187. The average molecular weight is 226 g/mol. The Balaban J connectivity index is 2.55. The van der Waals surface area contributed by atoms with Gasteiger partial charge in [-0.25, -0.2) is 4.79 Å². The van der Waals surface area contributed by atoms with Gasteiger partial charge >= 0.3 is 5.97 Å². The van der Waals surface area contributed by atoms with E-state index in [-0.39, 0.29) is 5.91 Å². The molecular weight excluding hydrogens is 212 g/mol. The molecule has 1 N–H and O–H groups in total. The fourth-order valence-electron chi connectivity index (χ4n) is 1.77. The Labute approximate surface area is 92.8 Å². The second-order valence-electron chi connectivity index (χ2n) is 3.91. The summed E-state index contributed by atoms with van der Waals surface area (Å²) in [4.78, 5) is 25.4. The summed E-state index contributed by atoms with van der Waals surface area (Å²) in [6, 6.07) is -0.587. The third kappa shape index (κ3) is 2.09. The van der Waals surface area contributed by atoms with Gasteiger partial charge in [-0.15, -0.1) is 0 Å². The zero-order valence-electron chi connectivity index (χ0n) is 9.27. The van der Waals surface area contributed by atoms with Crippen LogP contribution in [0.15, 0.2) is 5.11 Å². The summed E-state index contributed by atoms with van der Waals surface area (Å²) in [7, 11) is 1.28. The number of methoxy groups -OCH3 is 1. The van der Waals surface area contributed by atoms with Crippen molar-refractivity contribution in [3.05, 3.63) is 10.4 Å². The van der Waals surface area contributed by atoms with Gasteiger partial charge in [0.2, 0.25) is 5.91 Å². The van der Waals surface area contributed by atoms with Gasteiger partial charge in [0, 0.05) is 11.5 Å². The molecule has 1 heterocycles. The van der Waals surface area contributed by atoms with Crippen LogP contribution in [0.25, 0.3) is 10.4 Å². The molecule has 0 spiro atoms. The first-order valence-corrected chi connectivity index (χ1v) is 4.96. The van der Waals surface area contributed by atoms with Gasteiger partial charge in [0.15, 0.2) is 0 Å². The highest BCUT2D eigenvalue weighted by molar-refractivity contribution is 6.00. The van der Waals surface area contributed by atoms with E-state index < -0.39 is 17.4 Å². The Morgan fingerprint density at radius 1 is 1.75 bits per heavy atom. The van der Waals surface area contributed by atoms with Gasteiger partial charge in [-0.3, -0.25) is 4.79 Å². The predicted molar refractivity (Wildman–Crippen MR) is 55.3 cm³/mol.